The van der Waals surface area contributed by atoms with Gasteiger partial charge in [-0.1, -0.05) is 32.0 Å². The third-order valence-electron chi connectivity index (χ3n) is 5.92. The fraction of sp³-hybridized carbons (Fsp3) is 0.619. The number of rotatable bonds is 4. The molecule has 2 aliphatic rings. The summed E-state index contributed by atoms with van der Waals surface area (Å²) in [5.74, 6) is 0.956. The van der Waals surface area contributed by atoms with Crippen LogP contribution in [0.25, 0.3) is 0 Å². The molecule has 0 bridgehead atoms. The second-order valence-corrected chi connectivity index (χ2v) is 8.82. The Morgan fingerprint density at radius 1 is 1.37 bits per heavy atom. The summed E-state index contributed by atoms with van der Waals surface area (Å²) in [7, 11) is 1.50. The van der Waals surface area contributed by atoms with Crippen molar-refractivity contribution >= 4 is 11.6 Å². The lowest BCUT2D eigenvalue weighted by Crippen LogP contribution is -2.39. The first-order valence-corrected chi connectivity index (χ1v) is 9.61. The van der Waals surface area contributed by atoms with Gasteiger partial charge in [0.1, 0.15) is 11.3 Å². The molecule has 0 atom stereocenters. The van der Waals surface area contributed by atoms with Gasteiger partial charge < -0.3 is 20.0 Å². The van der Waals surface area contributed by atoms with Crippen LogP contribution in [0.5, 0.6) is 11.5 Å². The number of methoxy groups -OCH3 is 1. The number of nitrogens with zero attached hydrogens (tertiary/aromatic N) is 1. The summed E-state index contributed by atoms with van der Waals surface area (Å²) in [5.41, 5.74) is 1.33. The maximum Gasteiger partial charge on any atom is 0.269 e. The molecule has 3 rings (SSSR count). The summed E-state index contributed by atoms with van der Waals surface area (Å²) in [6, 6.07) is 5.01. The number of carbonyl (C=O) groups excluding carboxylic acids is 1. The van der Waals surface area contributed by atoms with E-state index in [4.69, 9.17) is 9.57 Å². The number of phenols is 1. The minimum absolute atomic E-state index is 0.0777. The van der Waals surface area contributed by atoms with Crippen LogP contribution in [0.4, 0.5) is 0 Å². The van der Waals surface area contributed by atoms with Gasteiger partial charge in [-0.3, -0.25) is 4.79 Å². The number of hydrogen-bond donors (Lipinski definition) is 2. The van der Waals surface area contributed by atoms with Crippen molar-refractivity contribution < 1.29 is 19.5 Å². The van der Waals surface area contributed by atoms with Crippen molar-refractivity contribution in [3.63, 3.8) is 0 Å². The Labute approximate surface area is 160 Å². The molecule has 6 heteroatoms. The Hall–Kier alpha value is -2.24. The molecule has 1 heterocycles. The van der Waals surface area contributed by atoms with Crippen molar-refractivity contribution in [2.75, 3.05) is 7.11 Å². The minimum Gasteiger partial charge on any atom is -0.504 e. The first kappa shape index (κ1) is 19.5. The largest absolute Gasteiger partial charge is 0.504 e. The molecule has 1 fully saturated rings. The van der Waals surface area contributed by atoms with E-state index in [1.54, 1.807) is 18.2 Å². The van der Waals surface area contributed by atoms with Crippen LogP contribution in [-0.2, 0) is 16.2 Å². The Bertz CT molecular complexity index is 728. The summed E-state index contributed by atoms with van der Waals surface area (Å²) in [4.78, 5) is 18.2. The number of benzene rings is 1. The number of nitrogens with one attached hydrogen (secondary N) is 1. The van der Waals surface area contributed by atoms with Crippen molar-refractivity contribution in [3.8, 4) is 11.5 Å². The molecular formula is C21H30N2O4. The second kappa shape index (κ2) is 7.41. The monoisotopic (exact) mass is 374 g/mol. The highest BCUT2D eigenvalue weighted by molar-refractivity contribution is 6.39. The van der Waals surface area contributed by atoms with Crippen LogP contribution in [-0.4, -0.2) is 29.4 Å². The zero-order chi connectivity index (χ0) is 19.7. The van der Waals surface area contributed by atoms with Gasteiger partial charge in [-0.2, -0.15) is 0 Å². The third kappa shape index (κ3) is 4.37. The molecule has 2 N–H and O–H groups in total. The highest BCUT2D eigenvalue weighted by Crippen LogP contribution is 2.46. The maximum atomic E-state index is 12.5. The van der Waals surface area contributed by atoms with Crippen molar-refractivity contribution in [2.45, 2.75) is 65.0 Å². The van der Waals surface area contributed by atoms with Crippen LogP contribution in [0.15, 0.2) is 23.4 Å². The molecule has 1 aliphatic heterocycles. The smallest absolute Gasteiger partial charge is 0.269 e. The van der Waals surface area contributed by atoms with E-state index < -0.39 is 0 Å². The van der Waals surface area contributed by atoms with Gasteiger partial charge in [0.15, 0.2) is 11.5 Å². The summed E-state index contributed by atoms with van der Waals surface area (Å²) in [6.07, 6.45) is 4.70. The Morgan fingerprint density at radius 3 is 2.70 bits per heavy atom. The number of ether oxygens (including phenoxy) is 1. The quantitative estimate of drug-likeness (QED) is 0.841. The van der Waals surface area contributed by atoms with E-state index in [0.29, 0.717) is 35.8 Å². The molecule has 0 radical (unpaired) electrons. The highest BCUT2D eigenvalue weighted by Gasteiger charge is 2.45. The van der Waals surface area contributed by atoms with Crippen LogP contribution in [0.3, 0.4) is 0 Å². The fourth-order valence-electron chi connectivity index (χ4n) is 4.04. The van der Waals surface area contributed by atoms with Crippen LogP contribution < -0.4 is 10.1 Å². The third-order valence-corrected chi connectivity index (χ3v) is 5.92. The van der Waals surface area contributed by atoms with Gasteiger partial charge in [0.05, 0.1) is 7.11 Å². The molecule has 1 amide bonds. The van der Waals surface area contributed by atoms with Gasteiger partial charge in [-0.15, -0.1) is 0 Å². The van der Waals surface area contributed by atoms with Crippen LogP contribution in [0.2, 0.25) is 0 Å². The number of oxime groups is 1. The minimum atomic E-state index is -0.295. The van der Waals surface area contributed by atoms with E-state index in [1.807, 2.05) is 0 Å². The molecule has 1 aromatic carbocycles. The molecule has 148 valence electrons. The van der Waals surface area contributed by atoms with Crippen molar-refractivity contribution in [3.05, 3.63) is 23.8 Å². The maximum absolute atomic E-state index is 12.5. The lowest BCUT2D eigenvalue weighted by atomic mass is 9.67. The molecule has 0 saturated heterocycles. The molecule has 1 spiro atoms. The highest BCUT2D eigenvalue weighted by atomic mass is 16.7. The van der Waals surface area contributed by atoms with Gasteiger partial charge in [-0.05, 0) is 54.7 Å². The summed E-state index contributed by atoms with van der Waals surface area (Å²) in [6.45, 7) is 7.21. The van der Waals surface area contributed by atoms with E-state index in [-0.39, 0.29) is 17.3 Å². The summed E-state index contributed by atoms with van der Waals surface area (Å²) < 4.78 is 5.09. The predicted molar refractivity (Wildman–Crippen MR) is 104 cm³/mol. The molecular weight excluding hydrogens is 344 g/mol. The SMILES string of the molecule is COc1cc(CNC(=O)C2=NO[C@]3(CC[C@H](C(C)(C)C)CC3)C2)ccc1O. The molecule has 1 aliphatic carbocycles. The van der Waals surface area contributed by atoms with Gasteiger partial charge in [0, 0.05) is 13.0 Å². The standard InChI is InChI=1S/C21H30N2O4/c1-20(2,3)15-7-9-21(10-8-15)12-16(23-27-21)19(25)22-13-14-5-6-17(24)18(11-14)26-4/h5-6,11,15,24H,7-10,12-13H2,1-4H3,(H,22,25)/t15-,21-. The van der Waals surface area contributed by atoms with E-state index in [1.165, 1.54) is 7.11 Å². The van der Waals surface area contributed by atoms with Crippen molar-refractivity contribution in [2.24, 2.45) is 16.5 Å². The number of aromatic hydroxyl groups is 1. The lowest BCUT2D eigenvalue weighted by Gasteiger charge is -2.40. The molecule has 0 unspecified atom stereocenters. The lowest BCUT2D eigenvalue weighted by molar-refractivity contribution is -0.115. The van der Waals surface area contributed by atoms with Crippen LogP contribution in [0, 0.1) is 11.3 Å². The number of phenolic OH excluding ortho intramolecular Hbond substituents is 1. The molecule has 1 aromatic rings. The Balaban J connectivity index is 1.52. The van der Waals surface area contributed by atoms with Crippen molar-refractivity contribution in [1.29, 1.82) is 0 Å². The van der Waals surface area contributed by atoms with Crippen LogP contribution in [0.1, 0.15) is 58.4 Å². The molecule has 0 aromatic heterocycles. The Kier molecular flexibility index (Phi) is 5.36. The number of amides is 1. The topological polar surface area (TPSA) is 80.2 Å². The first-order valence-electron chi connectivity index (χ1n) is 9.61. The summed E-state index contributed by atoms with van der Waals surface area (Å²) >= 11 is 0. The van der Waals surface area contributed by atoms with Gasteiger partial charge in [-0.25, -0.2) is 0 Å². The summed E-state index contributed by atoms with van der Waals surface area (Å²) in [5, 5.41) is 16.6. The van der Waals surface area contributed by atoms with E-state index >= 15 is 0 Å². The van der Waals surface area contributed by atoms with Gasteiger partial charge in [0.2, 0.25) is 0 Å². The Morgan fingerprint density at radius 2 is 2.07 bits per heavy atom. The average molecular weight is 374 g/mol. The molecule has 6 nitrogen and oxygen atoms in total. The van der Waals surface area contributed by atoms with Crippen LogP contribution >= 0.6 is 0 Å². The zero-order valence-corrected chi connectivity index (χ0v) is 16.7. The average Bonchev–Trinajstić information content (AvgIpc) is 3.04. The molecule has 1 saturated carbocycles. The van der Waals surface area contributed by atoms with E-state index in [2.05, 4.69) is 31.2 Å². The van der Waals surface area contributed by atoms with Gasteiger partial charge >= 0.3 is 0 Å². The predicted octanol–water partition coefficient (Wildman–Crippen LogP) is 3.77. The number of carbonyl (C=O) groups is 1. The van der Waals surface area contributed by atoms with E-state index in [9.17, 15) is 9.90 Å². The normalized spacial score (nSPS) is 25.0. The van der Waals surface area contributed by atoms with Crippen molar-refractivity contribution in [1.82, 2.24) is 5.32 Å². The van der Waals surface area contributed by atoms with Gasteiger partial charge in [0.25, 0.3) is 5.91 Å². The zero-order valence-electron chi connectivity index (χ0n) is 16.7. The number of hydrogen-bond acceptors (Lipinski definition) is 5. The molecule has 27 heavy (non-hydrogen) atoms. The van der Waals surface area contributed by atoms with E-state index in [0.717, 1.165) is 31.2 Å². The second-order valence-electron chi connectivity index (χ2n) is 8.82. The first-order chi connectivity index (χ1) is 12.7. The fourth-order valence-corrected chi connectivity index (χ4v) is 4.04.